The Bertz CT molecular complexity index is 971. The summed E-state index contributed by atoms with van der Waals surface area (Å²) in [5.41, 5.74) is 3.82. The van der Waals surface area contributed by atoms with Crippen LogP contribution in [-0.2, 0) is 0 Å². The van der Waals surface area contributed by atoms with E-state index in [-0.39, 0.29) is 5.91 Å². The van der Waals surface area contributed by atoms with Crippen molar-refractivity contribution in [2.75, 3.05) is 23.8 Å². The first-order valence-electron chi connectivity index (χ1n) is 8.68. The normalized spacial score (nSPS) is 12.3. The van der Waals surface area contributed by atoms with Crippen LogP contribution in [0, 0.1) is 6.92 Å². The average Bonchev–Trinajstić information content (AvgIpc) is 2.68. The van der Waals surface area contributed by atoms with E-state index in [2.05, 4.69) is 15.6 Å². The summed E-state index contributed by atoms with van der Waals surface area (Å²) in [6.07, 6.45) is 1.63. The smallest absolute Gasteiger partial charge is 0.274 e. The molecule has 1 aromatic heterocycles. The van der Waals surface area contributed by atoms with Crippen molar-refractivity contribution in [2.45, 2.75) is 6.92 Å². The average molecular weight is 361 g/mol. The molecule has 0 spiro atoms. The molecule has 0 saturated carbocycles. The number of ether oxygens (including phenoxy) is 2. The second kappa shape index (κ2) is 7.37. The molecule has 0 bridgehead atoms. The van der Waals surface area contributed by atoms with Gasteiger partial charge in [-0.05, 0) is 48.9 Å². The number of carbonyl (C=O) groups excluding carboxylic acids is 1. The number of carbonyl (C=O) groups is 1. The molecule has 1 aliphatic heterocycles. The Morgan fingerprint density at radius 1 is 0.926 bits per heavy atom. The standard InChI is InChI=1S/C21H19N3O3/c1-14-3-2-4-15(11-14)24-21(25)18-7-5-17(13-22-18)23-16-6-8-19-20(12-16)27-10-9-26-19/h2-8,11-13,23H,9-10H2,1H3,(H,24,25). The second-order valence-corrected chi connectivity index (χ2v) is 6.24. The highest BCUT2D eigenvalue weighted by atomic mass is 16.6. The number of aryl methyl sites for hydroxylation is 1. The summed E-state index contributed by atoms with van der Waals surface area (Å²) in [5, 5.41) is 6.10. The summed E-state index contributed by atoms with van der Waals surface area (Å²) >= 11 is 0. The van der Waals surface area contributed by atoms with Crippen LogP contribution >= 0.6 is 0 Å². The molecule has 2 N–H and O–H groups in total. The van der Waals surface area contributed by atoms with Crippen molar-refractivity contribution in [1.82, 2.24) is 4.98 Å². The molecule has 0 aliphatic carbocycles. The largest absolute Gasteiger partial charge is 0.486 e. The number of nitrogens with one attached hydrogen (secondary N) is 2. The van der Waals surface area contributed by atoms with Crippen molar-refractivity contribution in [3.05, 3.63) is 72.1 Å². The van der Waals surface area contributed by atoms with Gasteiger partial charge in [0.2, 0.25) is 0 Å². The predicted octanol–water partition coefficient (Wildman–Crippen LogP) is 4.16. The molecule has 4 rings (SSSR count). The lowest BCUT2D eigenvalue weighted by Gasteiger charge is -2.19. The maximum Gasteiger partial charge on any atom is 0.274 e. The number of fused-ring (bicyclic) bond motifs is 1. The highest BCUT2D eigenvalue weighted by Gasteiger charge is 2.12. The third kappa shape index (κ3) is 4.00. The number of aromatic nitrogens is 1. The van der Waals surface area contributed by atoms with Crippen LogP contribution in [0.5, 0.6) is 11.5 Å². The number of nitrogens with zero attached hydrogens (tertiary/aromatic N) is 1. The maximum absolute atomic E-state index is 12.3. The van der Waals surface area contributed by atoms with Crippen molar-refractivity contribution in [2.24, 2.45) is 0 Å². The minimum absolute atomic E-state index is 0.244. The van der Waals surface area contributed by atoms with E-state index >= 15 is 0 Å². The summed E-state index contributed by atoms with van der Waals surface area (Å²) < 4.78 is 11.1. The molecule has 1 amide bonds. The molecule has 2 heterocycles. The van der Waals surface area contributed by atoms with Crippen molar-refractivity contribution < 1.29 is 14.3 Å². The SMILES string of the molecule is Cc1cccc(NC(=O)c2ccc(Nc3ccc4c(c3)OCCO4)cn2)c1. The molecule has 0 unspecified atom stereocenters. The van der Waals surface area contributed by atoms with Crippen LogP contribution in [0.15, 0.2) is 60.8 Å². The predicted molar refractivity (Wildman–Crippen MR) is 104 cm³/mol. The van der Waals surface area contributed by atoms with Crippen LogP contribution < -0.4 is 20.1 Å². The van der Waals surface area contributed by atoms with Gasteiger partial charge in [-0.3, -0.25) is 4.79 Å². The van der Waals surface area contributed by atoms with Gasteiger partial charge in [0.25, 0.3) is 5.91 Å². The summed E-state index contributed by atoms with van der Waals surface area (Å²) in [6, 6.07) is 16.8. The van der Waals surface area contributed by atoms with E-state index in [1.54, 1.807) is 12.3 Å². The third-order valence-electron chi connectivity index (χ3n) is 4.10. The molecule has 0 fully saturated rings. The molecule has 0 saturated heterocycles. The lowest BCUT2D eigenvalue weighted by molar-refractivity contribution is 0.102. The molecule has 136 valence electrons. The molecule has 2 aromatic carbocycles. The van der Waals surface area contributed by atoms with Gasteiger partial charge in [0, 0.05) is 17.4 Å². The van der Waals surface area contributed by atoms with Gasteiger partial charge in [-0.15, -0.1) is 0 Å². The Morgan fingerprint density at radius 3 is 2.52 bits per heavy atom. The number of rotatable bonds is 4. The monoisotopic (exact) mass is 361 g/mol. The van der Waals surface area contributed by atoms with Crippen LogP contribution in [0.2, 0.25) is 0 Å². The summed E-state index contributed by atoms with van der Waals surface area (Å²) in [5.74, 6) is 1.22. The zero-order valence-electron chi connectivity index (χ0n) is 14.9. The second-order valence-electron chi connectivity index (χ2n) is 6.24. The van der Waals surface area contributed by atoms with Gasteiger partial charge >= 0.3 is 0 Å². The van der Waals surface area contributed by atoms with Gasteiger partial charge in [-0.2, -0.15) is 0 Å². The van der Waals surface area contributed by atoms with E-state index in [0.717, 1.165) is 28.4 Å². The lowest BCUT2D eigenvalue weighted by Crippen LogP contribution is -2.15. The van der Waals surface area contributed by atoms with E-state index < -0.39 is 0 Å². The Labute approximate surface area is 157 Å². The van der Waals surface area contributed by atoms with Crippen LogP contribution in [0.25, 0.3) is 0 Å². The molecule has 6 heteroatoms. The number of benzene rings is 2. The number of hydrogen-bond donors (Lipinski definition) is 2. The molecule has 27 heavy (non-hydrogen) atoms. The molecular weight excluding hydrogens is 342 g/mol. The van der Waals surface area contributed by atoms with Crippen LogP contribution in [0.4, 0.5) is 17.1 Å². The fourth-order valence-corrected chi connectivity index (χ4v) is 2.81. The summed E-state index contributed by atoms with van der Waals surface area (Å²) in [4.78, 5) is 16.6. The van der Waals surface area contributed by atoms with Crippen molar-refractivity contribution in [1.29, 1.82) is 0 Å². The zero-order chi connectivity index (χ0) is 18.6. The van der Waals surface area contributed by atoms with Gasteiger partial charge < -0.3 is 20.1 Å². The van der Waals surface area contributed by atoms with Gasteiger partial charge in [0.1, 0.15) is 18.9 Å². The molecule has 1 aliphatic rings. The summed E-state index contributed by atoms with van der Waals surface area (Å²) in [7, 11) is 0. The minimum Gasteiger partial charge on any atom is -0.486 e. The number of pyridine rings is 1. The molecule has 0 radical (unpaired) electrons. The van der Waals surface area contributed by atoms with E-state index in [1.165, 1.54) is 0 Å². The molecule has 6 nitrogen and oxygen atoms in total. The highest BCUT2D eigenvalue weighted by molar-refractivity contribution is 6.03. The fraction of sp³-hybridized carbons (Fsp3) is 0.143. The maximum atomic E-state index is 12.3. The number of anilines is 3. The Kier molecular flexibility index (Phi) is 4.61. The fourth-order valence-electron chi connectivity index (χ4n) is 2.81. The quantitative estimate of drug-likeness (QED) is 0.730. The van der Waals surface area contributed by atoms with Gasteiger partial charge in [0.15, 0.2) is 11.5 Å². The van der Waals surface area contributed by atoms with Crippen LogP contribution in [-0.4, -0.2) is 24.1 Å². The van der Waals surface area contributed by atoms with Gasteiger partial charge in [0.05, 0.1) is 11.9 Å². The lowest BCUT2D eigenvalue weighted by atomic mass is 10.2. The number of hydrogen-bond acceptors (Lipinski definition) is 5. The van der Waals surface area contributed by atoms with Crippen LogP contribution in [0.3, 0.4) is 0 Å². The van der Waals surface area contributed by atoms with E-state index in [4.69, 9.17) is 9.47 Å². The summed E-state index contributed by atoms with van der Waals surface area (Å²) in [6.45, 7) is 3.09. The Morgan fingerprint density at radius 2 is 1.74 bits per heavy atom. The van der Waals surface area contributed by atoms with Crippen LogP contribution in [0.1, 0.15) is 16.1 Å². The van der Waals surface area contributed by atoms with Crippen molar-refractivity contribution in [3.63, 3.8) is 0 Å². The van der Waals surface area contributed by atoms with E-state index in [1.807, 2.05) is 55.5 Å². The molecule has 3 aromatic rings. The Balaban J connectivity index is 1.43. The highest BCUT2D eigenvalue weighted by Crippen LogP contribution is 2.33. The minimum atomic E-state index is -0.244. The number of amides is 1. The van der Waals surface area contributed by atoms with Gasteiger partial charge in [-0.25, -0.2) is 4.98 Å². The topological polar surface area (TPSA) is 72.5 Å². The molecular formula is C21H19N3O3. The Hall–Kier alpha value is -3.54. The van der Waals surface area contributed by atoms with Crippen molar-refractivity contribution >= 4 is 23.0 Å². The zero-order valence-corrected chi connectivity index (χ0v) is 14.9. The first-order chi connectivity index (χ1) is 13.2. The van der Waals surface area contributed by atoms with E-state index in [9.17, 15) is 4.79 Å². The van der Waals surface area contributed by atoms with Crippen molar-refractivity contribution in [3.8, 4) is 11.5 Å². The first-order valence-corrected chi connectivity index (χ1v) is 8.68. The van der Waals surface area contributed by atoms with Gasteiger partial charge in [-0.1, -0.05) is 12.1 Å². The molecule has 0 atom stereocenters. The van der Waals surface area contributed by atoms with E-state index in [0.29, 0.717) is 24.7 Å². The third-order valence-corrected chi connectivity index (χ3v) is 4.10. The first kappa shape index (κ1) is 16.9.